The summed E-state index contributed by atoms with van der Waals surface area (Å²) >= 11 is 1.40. The summed E-state index contributed by atoms with van der Waals surface area (Å²) in [6, 6.07) is 17.1. The summed E-state index contributed by atoms with van der Waals surface area (Å²) in [5.41, 5.74) is 1.96. The zero-order chi connectivity index (χ0) is 16.2. The molecule has 0 aliphatic rings. The largest absolute Gasteiger partial charge is 0.510 e. The molecule has 0 saturated carbocycles. The van der Waals surface area contributed by atoms with E-state index in [0.29, 0.717) is 5.01 Å². The van der Waals surface area contributed by atoms with E-state index in [4.69, 9.17) is 4.74 Å². The van der Waals surface area contributed by atoms with Crippen LogP contribution in [0.15, 0.2) is 54.3 Å². The minimum absolute atomic E-state index is 0.0247. The number of rotatable bonds is 4. The topological polar surface area (TPSA) is 66.1 Å². The van der Waals surface area contributed by atoms with Crippen molar-refractivity contribution in [1.29, 1.82) is 5.26 Å². The van der Waals surface area contributed by atoms with Crippen LogP contribution in [0.25, 0.3) is 15.8 Å². The predicted octanol–water partition coefficient (Wildman–Crippen LogP) is 4.34. The minimum atomic E-state index is 0.0247. The van der Waals surface area contributed by atoms with Crippen LogP contribution in [0, 0.1) is 11.3 Å². The maximum atomic E-state index is 10.4. The van der Waals surface area contributed by atoms with Crippen molar-refractivity contribution in [3.05, 3.63) is 64.9 Å². The van der Waals surface area contributed by atoms with Crippen molar-refractivity contribution >= 4 is 27.1 Å². The third-order valence-corrected chi connectivity index (χ3v) is 4.49. The van der Waals surface area contributed by atoms with Gasteiger partial charge in [-0.2, -0.15) is 5.26 Å². The fraction of sp³-hybridized carbons (Fsp3) is 0.111. The van der Waals surface area contributed by atoms with Gasteiger partial charge in [0.2, 0.25) is 0 Å². The molecule has 2 aromatic carbocycles. The first-order valence-electron chi connectivity index (χ1n) is 7.02. The van der Waals surface area contributed by atoms with Crippen molar-refractivity contribution in [2.45, 2.75) is 6.42 Å². The molecule has 0 atom stereocenters. The highest BCUT2D eigenvalue weighted by atomic mass is 32.1. The van der Waals surface area contributed by atoms with Gasteiger partial charge in [-0.15, -0.1) is 11.3 Å². The van der Waals surface area contributed by atoms with Crippen LogP contribution in [-0.4, -0.2) is 17.2 Å². The fourth-order valence-electron chi connectivity index (χ4n) is 2.24. The molecule has 0 radical (unpaired) electrons. The second-order valence-corrected chi connectivity index (χ2v) is 5.98. The molecular formula is C18H14N2O2S. The van der Waals surface area contributed by atoms with Crippen molar-refractivity contribution in [3.63, 3.8) is 0 Å². The van der Waals surface area contributed by atoms with Crippen LogP contribution < -0.4 is 4.74 Å². The van der Waals surface area contributed by atoms with Crippen LogP contribution in [0.3, 0.4) is 0 Å². The summed E-state index contributed by atoms with van der Waals surface area (Å²) in [7, 11) is 1.60. The van der Waals surface area contributed by atoms with E-state index in [1.54, 1.807) is 7.11 Å². The van der Waals surface area contributed by atoms with Gasteiger partial charge in [-0.05, 0) is 29.8 Å². The molecule has 1 aromatic heterocycles. The highest BCUT2D eigenvalue weighted by Crippen LogP contribution is 2.29. The number of aliphatic hydroxyl groups is 1. The van der Waals surface area contributed by atoms with Crippen molar-refractivity contribution in [3.8, 4) is 11.8 Å². The molecule has 0 saturated heterocycles. The van der Waals surface area contributed by atoms with Crippen molar-refractivity contribution < 1.29 is 9.84 Å². The molecule has 1 N–H and O–H groups in total. The van der Waals surface area contributed by atoms with E-state index < -0.39 is 0 Å². The van der Waals surface area contributed by atoms with E-state index in [1.165, 1.54) is 11.3 Å². The smallest absolute Gasteiger partial charge is 0.138 e. The maximum Gasteiger partial charge on any atom is 0.138 e. The van der Waals surface area contributed by atoms with Crippen LogP contribution in [0.4, 0.5) is 0 Å². The average Bonchev–Trinajstić information content (AvgIpc) is 2.99. The molecular weight excluding hydrogens is 308 g/mol. The molecule has 0 aliphatic carbocycles. The van der Waals surface area contributed by atoms with E-state index in [0.717, 1.165) is 21.5 Å². The van der Waals surface area contributed by atoms with Crippen molar-refractivity contribution in [2.75, 3.05) is 7.11 Å². The lowest BCUT2D eigenvalue weighted by molar-refractivity contribution is 0.401. The van der Waals surface area contributed by atoms with Gasteiger partial charge in [0.1, 0.15) is 28.2 Å². The van der Waals surface area contributed by atoms with Crippen LogP contribution in [0.5, 0.6) is 5.75 Å². The zero-order valence-corrected chi connectivity index (χ0v) is 13.3. The van der Waals surface area contributed by atoms with E-state index in [9.17, 15) is 10.4 Å². The fourth-order valence-corrected chi connectivity index (χ4v) is 3.22. The molecule has 23 heavy (non-hydrogen) atoms. The molecule has 1 heterocycles. The normalized spacial score (nSPS) is 11.8. The van der Waals surface area contributed by atoms with Crippen LogP contribution >= 0.6 is 11.3 Å². The number of allylic oxidation sites excluding steroid dienone is 2. The van der Waals surface area contributed by atoms with Gasteiger partial charge in [0.15, 0.2) is 0 Å². The second kappa shape index (κ2) is 6.51. The van der Waals surface area contributed by atoms with Crippen LogP contribution in [-0.2, 0) is 6.42 Å². The first-order chi connectivity index (χ1) is 11.2. The Labute approximate surface area is 137 Å². The summed E-state index contributed by atoms with van der Waals surface area (Å²) < 4.78 is 6.10. The van der Waals surface area contributed by atoms with Crippen LogP contribution in [0.2, 0.25) is 0 Å². The average molecular weight is 322 g/mol. The molecule has 0 fully saturated rings. The lowest BCUT2D eigenvalue weighted by Crippen LogP contribution is -1.95. The first-order valence-corrected chi connectivity index (χ1v) is 7.84. The Morgan fingerprint density at radius 1 is 1.22 bits per heavy atom. The minimum Gasteiger partial charge on any atom is -0.510 e. The highest BCUT2D eigenvalue weighted by molar-refractivity contribution is 7.19. The molecule has 3 rings (SSSR count). The number of hydrogen-bond donors (Lipinski definition) is 1. The molecule has 0 amide bonds. The molecule has 0 aliphatic heterocycles. The monoisotopic (exact) mass is 322 g/mol. The quantitative estimate of drug-likeness (QED) is 0.573. The summed E-state index contributed by atoms with van der Waals surface area (Å²) in [6.45, 7) is 0. The number of nitriles is 1. The summed E-state index contributed by atoms with van der Waals surface area (Å²) in [5, 5.41) is 20.3. The number of ether oxygens (including phenoxy) is 1. The van der Waals surface area contributed by atoms with Gasteiger partial charge in [0, 0.05) is 6.42 Å². The van der Waals surface area contributed by atoms with Crippen LogP contribution in [0.1, 0.15) is 10.6 Å². The molecule has 0 bridgehead atoms. The van der Waals surface area contributed by atoms with E-state index >= 15 is 0 Å². The van der Waals surface area contributed by atoms with Gasteiger partial charge in [-0.25, -0.2) is 4.98 Å². The third-order valence-electron chi connectivity index (χ3n) is 3.44. The Hall–Kier alpha value is -2.84. The molecule has 5 heteroatoms. The van der Waals surface area contributed by atoms with E-state index in [1.807, 2.05) is 48.5 Å². The summed E-state index contributed by atoms with van der Waals surface area (Å²) in [5.74, 6) is 0.778. The third kappa shape index (κ3) is 3.17. The number of para-hydroxylation sites is 1. The number of nitrogens with zero attached hydrogens (tertiary/aromatic N) is 2. The van der Waals surface area contributed by atoms with Gasteiger partial charge < -0.3 is 9.84 Å². The first kappa shape index (κ1) is 15.1. The molecule has 4 nitrogen and oxygen atoms in total. The Balaban J connectivity index is 1.93. The zero-order valence-electron chi connectivity index (χ0n) is 12.5. The Morgan fingerprint density at radius 2 is 1.96 bits per heavy atom. The number of aromatic nitrogens is 1. The SMILES string of the molecule is COc1ccc(CC(O)=C(C#N)c2nc3ccccc3s2)cc1. The van der Waals surface area contributed by atoms with Gasteiger partial charge in [0.25, 0.3) is 0 Å². The molecule has 0 spiro atoms. The Kier molecular flexibility index (Phi) is 4.26. The Bertz CT molecular complexity index is 872. The van der Waals surface area contributed by atoms with E-state index in [2.05, 4.69) is 11.1 Å². The molecule has 0 unspecified atom stereocenters. The van der Waals surface area contributed by atoms with Gasteiger partial charge >= 0.3 is 0 Å². The van der Waals surface area contributed by atoms with Gasteiger partial charge in [-0.1, -0.05) is 24.3 Å². The number of hydrogen-bond acceptors (Lipinski definition) is 5. The van der Waals surface area contributed by atoms with Crippen molar-refractivity contribution in [1.82, 2.24) is 4.98 Å². The van der Waals surface area contributed by atoms with Crippen molar-refractivity contribution in [2.24, 2.45) is 0 Å². The molecule has 114 valence electrons. The predicted molar refractivity (Wildman–Crippen MR) is 91.5 cm³/mol. The number of thiazole rings is 1. The summed E-state index contributed by atoms with van der Waals surface area (Å²) in [4.78, 5) is 4.43. The summed E-state index contributed by atoms with van der Waals surface area (Å²) in [6.07, 6.45) is 0.281. The Morgan fingerprint density at radius 3 is 2.61 bits per heavy atom. The highest BCUT2D eigenvalue weighted by Gasteiger charge is 2.14. The number of benzene rings is 2. The van der Waals surface area contributed by atoms with Gasteiger partial charge in [-0.3, -0.25) is 0 Å². The van der Waals surface area contributed by atoms with E-state index in [-0.39, 0.29) is 17.8 Å². The van der Waals surface area contributed by atoms with Gasteiger partial charge in [0.05, 0.1) is 17.3 Å². The lowest BCUT2D eigenvalue weighted by atomic mass is 10.1. The lowest BCUT2D eigenvalue weighted by Gasteiger charge is -2.04. The number of fused-ring (bicyclic) bond motifs is 1. The number of methoxy groups -OCH3 is 1. The second-order valence-electron chi connectivity index (χ2n) is 4.95. The molecule has 3 aromatic rings. The standard InChI is InChI=1S/C18H14N2O2S/c1-22-13-8-6-12(7-9-13)10-16(21)14(11-19)18-20-15-4-2-3-5-17(15)23-18/h2-9,21H,10H2,1H3. The number of aliphatic hydroxyl groups excluding tert-OH is 1. The maximum absolute atomic E-state index is 10.4.